The molecule has 1 saturated heterocycles. The highest BCUT2D eigenvalue weighted by Gasteiger charge is 2.20. The minimum atomic E-state index is -0.0688. The van der Waals surface area contributed by atoms with Crippen LogP contribution >= 0.6 is 0 Å². The summed E-state index contributed by atoms with van der Waals surface area (Å²) < 4.78 is 1.56. The lowest BCUT2D eigenvalue weighted by Gasteiger charge is -2.30. The van der Waals surface area contributed by atoms with Gasteiger partial charge in [-0.25, -0.2) is 0 Å². The van der Waals surface area contributed by atoms with Crippen LogP contribution < -0.4 is 11.3 Å². The van der Waals surface area contributed by atoms with Crippen molar-refractivity contribution in [2.75, 3.05) is 13.1 Å². The highest BCUT2D eigenvalue weighted by atomic mass is 16.2. The van der Waals surface area contributed by atoms with E-state index in [0.29, 0.717) is 19.5 Å². The molecule has 1 aromatic heterocycles. The fourth-order valence-corrected chi connectivity index (χ4v) is 2.26. The van der Waals surface area contributed by atoms with E-state index < -0.39 is 0 Å². The molecule has 0 aliphatic carbocycles. The average Bonchev–Trinajstić information content (AvgIpc) is 2.37. The van der Waals surface area contributed by atoms with Crippen LogP contribution in [0.3, 0.4) is 0 Å². The standard InChI is InChI=1S/C13H19N3O2/c14-11-4-3-8-16(10-11)13(18)6-9-15-7-2-1-5-12(15)17/h1-2,5,7,11H,3-4,6,8-10,14H2/t11-/m1/s1. The third-order valence-corrected chi connectivity index (χ3v) is 3.28. The lowest BCUT2D eigenvalue weighted by Crippen LogP contribution is -2.46. The number of nitrogens with two attached hydrogens (primary N) is 1. The van der Waals surface area contributed by atoms with E-state index in [9.17, 15) is 9.59 Å². The number of likely N-dealkylation sites (tertiary alicyclic amines) is 1. The number of carbonyl (C=O) groups excluding carboxylic acids is 1. The van der Waals surface area contributed by atoms with Gasteiger partial charge in [0.1, 0.15) is 0 Å². The molecule has 2 rings (SSSR count). The first kappa shape index (κ1) is 12.8. The van der Waals surface area contributed by atoms with Gasteiger partial charge in [0.2, 0.25) is 5.91 Å². The molecule has 1 fully saturated rings. The fourth-order valence-electron chi connectivity index (χ4n) is 2.26. The molecule has 5 heteroatoms. The molecule has 0 aromatic carbocycles. The summed E-state index contributed by atoms with van der Waals surface area (Å²) in [6, 6.07) is 5.09. The molecule has 1 aliphatic rings. The normalized spacial score (nSPS) is 19.8. The van der Waals surface area contributed by atoms with E-state index in [1.807, 2.05) is 4.90 Å². The van der Waals surface area contributed by atoms with Crippen LogP contribution in [0.15, 0.2) is 29.2 Å². The van der Waals surface area contributed by atoms with E-state index in [2.05, 4.69) is 0 Å². The highest BCUT2D eigenvalue weighted by molar-refractivity contribution is 5.76. The van der Waals surface area contributed by atoms with Gasteiger partial charge in [0.25, 0.3) is 5.56 Å². The number of nitrogens with zero attached hydrogens (tertiary/aromatic N) is 2. The molecule has 0 spiro atoms. The number of rotatable bonds is 3. The molecule has 98 valence electrons. The molecule has 2 heterocycles. The molecule has 1 atom stereocenters. The monoisotopic (exact) mass is 249 g/mol. The van der Waals surface area contributed by atoms with Crippen molar-refractivity contribution in [2.45, 2.75) is 31.8 Å². The first-order chi connectivity index (χ1) is 8.66. The Morgan fingerprint density at radius 2 is 2.28 bits per heavy atom. The van der Waals surface area contributed by atoms with E-state index in [4.69, 9.17) is 5.73 Å². The summed E-state index contributed by atoms with van der Waals surface area (Å²) in [6.45, 7) is 1.86. The van der Waals surface area contributed by atoms with Gasteiger partial charge in [-0.3, -0.25) is 9.59 Å². The van der Waals surface area contributed by atoms with Crippen LogP contribution in [0, 0.1) is 0 Å². The molecule has 18 heavy (non-hydrogen) atoms. The Morgan fingerprint density at radius 3 is 3.00 bits per heavy atom. The third kappa shape index (κ3) is 3.20. The van der Waals surface area contributed by atoms with Crippen LogP contribution in [0.4, 0.5) is 0 Å². The Morgan fingerprint density at radius 1 is 1.44 bits per heavy atom. The Hall–Kier alpha value is -1.62. The molecule has 0 bridgehead atoms. The first-order valence-corrected chi connectivity index (χ1v) is 6.35. The van der Waals surface area contributed by atoms with Crippen LogP contribution in [0.2, 0.25) is 0 Å². The summed E-state index contributed by atoms with van der Waals surface area (Å²) in [5.74, 6) is 0.0842. The van der Waals surface area contributed by atoms with Gasteiger partial charge in [-0.1, -0.05) is 6.07 Å². The number of aryl methyl sites for hydroxylation is 1. The lowest BCUT2D eigenvalue weighted by atomic mass is 10.1. The number of aromatic nitrogens is 1. The highest BCUT2D eigenvalue weighted by Crippen LogP contribution is 2.09. The molecule has 1 aliphatic heterocycles. The fraction of sp³-hybridized carbons (Fsp3) is 0.538. The average molecular weight is 249 g/mol. The number of hydrogen-bond acceptors (Lipinski definition) is 3. The van der Waals surface area contributed by atoms with E-state index >= 15 is 0 Å². The van der Waals surface area contributed by atoms with Gasteiger partial charge in [0.05, 0.1) is 0 Å². The molecule has 0 radical (unpaired) electrons. The van der Waals surface area contributed by atoms with Gasteiger partial charge in [-0.15, -0.1) is 0 Å². The number of piperidine rings is 1. The maximum absolute atomic E-state index is 12.0. The van der Waals surface area contributed by atoms with Crippen LogP contribution in [-0.4, -0.2) is 34.5 Å². The summed E-state index contributed by atoms with van der Waals surface area (Å²) in [4.78, 5) is 25.3. The summed E-state index contributed by atoms with van der Waals surface area (Å²) >= 11 is 0. The van der Waals surface area contributed by atoms with Crippen LogP contribution in [0.5, 0.6) is 0 Å². The van der Waals surface area contributed by atoms with Crippen molar-refractivity contribution in [2.24, 2.45) is 5.73 Å². The SMILES string of the molecule is N[C@@H]1CCCN(C(=O)CCn2ccccc2=O)C1. The molecule has 1 aromatic rings. The van der Waals surface area contributed by atoms with Crippen molar-refractivity contribution in [3.63, 3.8) is 0 Å². The van der Waals surface area contributed by atoms with Crippen molar-refractivity contribution in [1.29, 1.82) is 0 Å². The number of carbonyl (C=O) groups is 1. The van der Waals surface area contributed by atoms with E-state index in [1.165, 1.54) is 6.07 Å². The molecule has 0 unspecified atom stereocenters. The predicted octanol–water partition coefficient (Wildman–Crippen LogP) is 0.188. The van der Waals surface area contributed by atoms with E-state index in [-0.39, 0.29) is 17.5 Å². The molecule has 5 nitrogen and oxygen atoms in total. The minimum absolute atomic E-state index is 0.0688. The Kier molecular flexibility index (Phi) is 4.15. The zero-order valence-electron chi connectivity index (χ0n) is 10.4. The summed E-state index contributed by atoms with van der Waals surface area (Å²) in [5, 5.41) is 0. The second-order valence-corrected chi connectivity index (χ2v) is 4.72. The van der Waals surface area contributed by atoms with Crippen molar-refractivity contribution >= 4 is 5.91 Å². The quantitative estimate of drug-likeness (QED) is 0.831. The number of pyridine rings is 1. The summed E-state index contributed by atoms with van der Waals surface area (Å²) in [6.07, 6.45) is 4.02. The van der Waals surface area contributed by atoms with Crippen molar-refractivity contribution in [1.82, 2.24) is 9.47 Å². The van der Waals surface area contributed by atoms with Gasteiger partial charge in [0.15, 0.2) is 0 Å². The second kappa shape index (κ2) is 5.82. The van der Waals surface area contributed by atoms with Crippen molar-refractivity contribution in [3.05, 3.63) is 34.7 Å². The lowest BCUT2D eigenvalue weighted by molar-refractivity contribution is -0.132. The third-order valence-electron chi connectivity index (χ3n) is 3.28. The van der Waals surface area contributed by atoms with Crippen LogP contribution in [-0.2, 0) is 11.3 Å². The topological polar surface area (TPSA) is 68.3 Å². The molecular weight excluding hydrogens is 230 g/mol. The van der Waals surface area contributed by atoms with E-state index in [0.717, 1.165) is 19.4 Å². The molecular formula is C13H19N3O2. The van der Waals surface area contributed by atoms with Gasteiger partial charge in [-0.2, -0.15) is 0 Å². The van der Waals surface area contributed by atoms with E-state index in [1.54, 1.807) is 22.9 Å². The van der Waals surface area contributed by atoms with Gasteiger partial charge < -0.3 is 15.2 Å². The second-order valence-electron chi connectivity index (χ2n) is 4.72. The largest absolute Gasteiger partial charge is 0.341 e. The molecule has 1 amide bonds. The molecule has 0 saturated carbocycles. The number of hydrogen-bond donors (Lipinski definition) is 1. The maximum Gasteiger partial charge on any atom is 0.250 e. The minimum Gasteiger partial charge on any atom is -0.341 e. The van der Waals surface area contributed by atoms with Crippen LogP contribution in [0.1, 0.15) is 19.3 Å². The smallest absolute Gasteiger partial charge is 0.250 e. The van der Waals surface area contributed by atoms with Crippen molar-refractivity contribution in [3.8, 4) is 0 Å². The van der Waals surface area contributed by atoms with Gasteiger partial charge >= 0.3 is 0 Å². The van der Waals surface area contributed by atoms with Crippen LogP contribution in [0.25, 0.3) is 0 Å². The number of amides is 1. The summed E-state index contributed by atoms with van der Waals surface area (Å²) in [7, 11) is 0. The zero-order valence-corrected chi connectivity index (χ0v) is 10.4. The van der Waals surface area contributed by atoms with Gasteiger partial charge in [-0.05, 0) is 18.9 Å². The van der Waals surface area contributed by atoms with Gasteiger partial charge in [0, 0.05) is 44.4 Å². The summed E-state index contributed by atoms with van der Waals surface area (Å²) in [5.41, 5.74) is 5.78. The Labute approximate surface area is 106 Å². The Bertz CT molecular complexity index is 469. The Balaban J connectivity index is 1.88. The predicted molar refractivity (Wildman–Crippen MR) is 69.1 cm³/mol. The maximum atomic E-state index is 12.0. The first-order valence-electron chi connectivity index (χ1n) is 6.35. The molecule has 2 N–H and O–H groups in total. The zero-order chi connectivity index (χ0) is 13.0. The van der Waals surface area contributed by atoms with Crippen molar-refractivity contribution < 1.29 is 4.79 Å².